The SMILES string of the molecule is CCc1nccn1Cc1ccoc1CNC(C)C. The molecule has 4 heteroatoms. The summed E-state index contributed by atoms with van der Waals surface area (Å²) in [6.45, 7) is 7.99. The molecule has 0 aliphatic rings. The molecule has 4 nitrogen and oxygen atoms in total. The van der Waals surface area contributed by atoms with E-state index in [9.17, 15) is 0 Å². The Morgan fingerprint density at radius 3 is 3.00 bits per heavy atom. The van der Waals surface area contributed by atoms with E-state index >= 15 is 0 Å². The Morgan fingerprint density at radius 2 is 2.28 bits per heavy atom. The normalized spacial score (nSPS) is 11.3. The molecule has 0 saturated heterocycles. The van der Waals surface area contributed by atoms with Gasteiger partial charge in [0.1, 0.15) is 11.6 Å². The molecule has 18 heavy (non-hydrogen) atoms. The number of aryl methyl sites for hydroxylation is 1. The number of hydrogen-bond donors (Lipinski definition) is 1. The van der Waals surface area contributed by atoms with Gasteiger partial charge in [0.2, 0.25) is 0 Å². The van der Waals surface area contributed by atoms with Crippen LogP contribution in [0.4, 0.5) is 0 Å². The molecule has 0 atom stereocenters. The van der Waals surface area contributed by atoms with Gasteiger partial charge in [-0.3, -0.25) is 0 Å². The van der Waals surface area contributed by atoms with Gasteiger partial charge in [0.25, 0.3) is 0 Å². The van der Waals surface area contributed by atoms with Gasteiger partial charge in [-0.2, -0.15) is 0 Å². The molecule has 0 aliphatic heterocycles. The van der Waals surface area contributed by atoms with E-state index in [2.05, 4.69) is 35.6 Å². The Morgan fingerprint density at radius 1 is 1.44 bits per heavy atom. The van der Waals surface area contributed by atoms with Crippen LogP contribution in [0.3, 0.4) is 0 Å². The molecule has 0 fully saturated rings. The van der Waals surface area contributed by atoms with Crippen LogP contribution in [0.15, 0.2) is 29.1 Å². The fraction of sp³-hybridized carbons (Fsp3) is 0.500. The zero-order valence-corrected chi connectivity index (χ0v) is 11.3. The molecule has 0 aromatic carbocycles. The van der Waals surface area contributed by atoms with E-state index in [0.29, 0.717) is 6.04 Å². The second kappa shape index (κ2) is 5.87. The van der Waals surface area contributed by atoms with Crippen LogP contribution < -0.4 is 5.32 Å². The first-order chi connectivity index (χ1) is 8.70. The highest BCUT2D eigenvalue weighted by molar-refractivity contribution is 5.18. The Kier molecular flexibility index (Phi) is 4.20. The molecule has 2 aromatic rings. The van der Waals surface area contributed by atoms with E-state index in [4.69, 9.17) is 4.42 Å². The molecule has 98 valence electrons. The summed E-state index contributed by atoms with van der Waals surface area (Å²) >= 11 is 0. The molecule has 1 N–H and O–H groups in total. The van der Waals surface area contributed by atoms with Gasteiger partial charge in [-0.25, -0.2) is 4.98 Å². The van der Waals surface area contributed by atoms with Crippen LogP contribution in [0, 0.1) is 0 Å². The van der Waals surface area contributed by atoms with Crippen molar-refractivity contribution in [2.45, 2.75) is 46.3 Å². The number of nitrogens with zero attached hydrogens (tertiary/aromatic N) is 2. The van der Waals surface area contributed by atoms with Crippen molar-refractivity contribution < 1.29 is 4.42 Å². The van der Waals surface area contributed by atoms with Crippen molar-refractivity contribution in [3.8, 4) is 0 Å². The molecule has 0 spiro atoms. The van der Waals surface area contributed by atoms with Gasteiger partial charge in [-0.1, -0.05) is 20.8 Å². The number of furan rings is 1. The van der Waals surface area contributed by atoms with Crippen LogP contribution in [-0.4, -0.2) is 15.6 Å². The zero-order valence-electron chi connectivity index (χ0n) is 11.3. The molecule has 2 heterocycles. The first-order valence-electron chi connectivity index (χ1n) is 6.49. The topological polar surface area (TPSA) is 43.0 Å². The molecular weight excluding hydrogens is 226 g/mol. The summed E-state index contributed by atoms with van der Waals surface area (Å²) in [6, 6.07) is 2.50. The van der Waals surface area contributed by atoms with Crippen molar-refractivity contribution in [1.82, 2.24) is 14.9 Å². The molecular formula is C14H21N3O. The van der Waals surface area contributed by atoms with E-state index < -0.39 is 0 Å². The molecule has 2 aromatic heterocycles. The summed E-state index contributed by atoms with van der Waals surface area (Å²) < 4.78 is 7.71. The maximum Gasteiger partial charge on any atom is 0.122 e. The standard InChI is InChI=1S/C14H21N3O/c1-4-14-15-6-7-17(14)10-12-5-8-18-13(12)9-16-11(2)3/h5-8,11,16H,4,9-10H2,1-3H3. The van der Waals surface area contributed by atoms with Gasteiger partial charge >= 0.3 is 0 Å². The molecule has 0 radical (unpaired) electrons. The Hall–Kier alpha value is -1.55. The van der Waals surface area contributed by atoms with Gasteiger partial charge in [0.15, 0.2) is 0 Å². The lowest BCUT2D eigenvalue weighted by Gasteiger charge is -2.09. The van der Waals surface area contributed by atoms with Crippen LogP contribution in [0.5, 0.6) is 0 Å². The fourth-order valence-electron chi connectivity index (χ4n) is 1.94. The Labute approximate surface area is 108 Å². The Bertz CT molecular complexity index is 485. The van der Waals surface area contributed by atoms with E-state index in [1.165, 1.54) is 5.56 Å². The first kappa shape index (κ1) is 12.9. The summed E-state index contributed by atoms with van der Waals surface area (Å²) in [4.78, 5) is 4.34. The smallest absolute Gasteiger partial charge is 0.122 e. The minimum absolute atomic E-state index is 0.461. The maximum absolute atomic E-state index is 5.54. The van der Waals surface area contributed by atoms with Crippen molar-refractivity contribution in [2.24, 2.45) is 0 Å². The molecule has 0 amide bonds. The summed E-state index contributed by atoms with van der Waals surface area (Å²) in [7, 11) is 0. The number of imidazole rings is 1. The summed E-state index contributed by atoms with van der Waals surface area (Å²) in [6.07, 6.45) is 6.58. The number of nitrogens with one attached hydrogen (secondary N) is 1. The van der Waals surface area contributed by atoms with E-state index in [1.54, 1.807) is 6.26 Å². The van der Waals surface area contributed by atoms with Crippen LogP contribution >= 0.6 is 0 Å². The van der Waals surface area contributed by atoms with Gasteiger partial charge in [0.05, 0.1) is 19.4 Å². The highest BCUT2D eigenvalue weighted by Crippen LogP contribution is 2.13. The van der Waals surface area contributed by atoms with Crippen molar-refractivity contribution in [1.29, 1.82) is 0 Å². The number of hydrogen-bond acceptors (Lipinski definition) is 3. The minimum atomic E-state index is 0.461. The van der Waals surface area contributed by atoms with E-state index in [0.717, 1.165) is 31.1 Å². The lowest BCUT2D eigenvalue weighted by atomic mass is 10.2. The predicted octanol–water partition coefficient (Wildman–Crippen LogP) is 2.58. The highest BCUT2D eigenvalue weighted by Gasteiger charge is 2.09. The quantitative estimate of drug-likeness (QED) is 0.853. The fourth-order valence-corrected chi connectivity index (χ4v) is 1.94. The summed E-state index contributed by atoms with van der Waals surface area (Å²) in [5.41, 5.74) is 1.22. The molecule has 0 bridgehead atoms. The van der Waals surface area contributed by atoms with Gasteiger partial charge < -0.3 is 14.3 Å². The number of aromatic nitrogens is 2. The molecule has 0 saturated carbocycles. The zero-order chi connectivity index (χ0) is 13.0. The minimum Gasteiger partial charge on any atom is -0.468 e. The van der Waals surface area contributed by atoms with Gasteiger partial charge in [-0.15, -0.1) is 0 Å². The lowest BCUT2D eigenvalue weighted by molar-refractivity contribution is 0.459. The second-order valence-corrected chi connectivity index (χ2v) is 4.73. The molecule has 2 rings (SSSR count). The summed E-state index contributed by atoms with van der Waals surface area (Å²) in [5, 5.41) is 3.38. The second-order valence-electron chi connectivity index (χ2n) is 4.73. The monoisotopic (exact) mass is 247 g/mol. The lowest BCUT2D eigenvalue weighted by Crippen LogP contribution is -2.22. The molecule has 0 aliphatic carbocycles. The largest absolute Gasteiger partial charge is 0.468 e. The summed E-state index contributed by atoms with van der Waals surface area (Å²) in [5.74, 6) is 2.12. The van der Waals surface area contributed by atoms with Crippen LogP contribution in [0.25, 0.3) is 0 Å². The maximum atomic E-state index is 5.54. The van der Waals surface area contributed by atoms with Gasteiger partial charge in [0, 0.05) is 30.4 Å². The Balaban J connectivity index is 2.07. The number of rotatable bonds is 6. The van der Waals surface area contributed by atoms with Crippen LogP contribution in [-0.2, 0) is 19.5 Å². The van der Waals surface area contributed by atoms with Crippen LogP contribution in [0.1, 0.15) is 37.9 Å². The van der Waals surface area contributed by atoms with Crippen molar-refractivity contribution in [2.75, 3.05) is 0 Å². The van der Waals surface area contributed by atoms with Crippen molar-refractivity contribution in [3.05, 3.63) is 41.9 Å². The first-order valence-corrected chi connectivity index (χ1v) is 6.49. The third-order valence-electron chi connectivity index (χ3n) is 2.97. The third kappa shape index (κ3) is 3.01. The van der Waals surface area contributed by atoms with E-state index in [-0.39, 0.29) is 0 Å². The van der Waals surface area contributed by atoms with E-state index in [1.807, 2.05) is 18.5 Å². The molecule has 0 unspecified atom stereocenters. The van der Waals surface area contributed by atoms with Crippen LogP contribution in [0.2, 0.25) is 0 Å². The van der Waals surface area contributed by atoms with Crippen molar-refractivity contribution >= 4 is 0 Å². The average Bonchev–Trinajstić information content (AvgIpc) is 2.96. The van der Waals surface area contributed by atoms with Crippen molar-refractivity contribution in [3.63, 3.8) is 0 Å². The highest BCUT2D eigenvalue weighted by atomic mass is 16.3. The third-order valence-corrected chi connectivity index (χ3v) is 2.97. The predicted molar refractivity (Wildman–Crippen MR) is 71.4 cm³/mol. The van der Waals surface area contributed by atoms with Gasteiger partial charge in [-0.05, 0) is 6.07 Å². The average molecular weight is 247 g/mol.